The summed E-state index contributed by atoms with van der Waals surface area (Å²) in [6.45, 7) is 6.20. The molecule has 0 aromatic heterocycles. The fourth-order valence-corrected chi connectivity index (χ4v) is 2.54. The molecule has 1 fully saturated rings. The van der Waals surface area contributed by atoms with E-state index < -0.39 is 17.7 Å². The first-order valence-electron chi connectivity index (χ1n) is 8.07. The monoisotopic (exact) mass is 319 g/mol. The Morgan fingerprint density at radius 3 is 2.52 bits per heavy atom. The lowest BCUT2D eigenvalue weighted by atomic mass is 10.0. The number of carbonyl (C=O) groups is 2. The summed E-state index contributed by atoms with van der Waals surface area (Å²) in [5, 5.41) is 0. The largest absolute Gasteiger partial charge is 0.459 e. The summed E-state index contributed by atoms with van der Waals surface area (Å²) in [7, 11) is 0. The lowest BCUT2D eigenvalue weighted by Crippen LogP contribution is -2.50. The van der Waals surface area contributed by atoms with E-state index in [0.717, 1.165) is 18.4 Å². The van der Waals surface area contributed by atoms with Gasteiger partial charge in [0.25, 0.3) is 0 Å². The fraction of sp³-hybridized carbons (Fsp3) is 0.556. The zero-order valence-electron chi connectivity index (χ0n) is 14.1. The van der Waals surface area contributed by atoms with Crippen molar-refractivity contribution in [2.75, 3.05) is 6.54 Å². The highest BCUT2D eigenvalue weighted by molar-refractivity contribution is 5.81. The molecule has 1 heterocycles. The second-order valence-corrected chi connectivity index (χ2v) is 6.78. The Hall–Kier alpha value is -2.04. The van der Waals surface area contributed by atoms with Gasteiger partial charge in [0.1, 0.15) is 18.2 Å². The van der Waals surface area contributed by atoms with Crippen LogP contribution < -0.4 is 0 Å². The number of amides is 1. The van der Waals surface area contributed by atoms with Gasteiger partial charge < -0.3 is 9.47 Å². The molecule has 126 valence electrons. The highest BCUT2D eigenvalue weighted by atomic mass is 16.6. The predicted octanol–water partition coefficient (Wildman–Crippen LogP) is 3.52. The van der Waals surface area contributed by atoms with Crippen LogP contribution in [-0.2, 0) is 20.9 Å². The molecule has 2 rings (SSSR count). The van der Waals surface area contributed by atoms with Crippen molar-refractivity contribution in [2.24, 2.45) is 0 Å². The average molecular weight is 319 g/mol. The zero-order chi connectivity index (χ0) is 16.9. The van der Waals surface area contributed by atoms with Gasteiger partial charge in [0.2, 0.25) is 0 Å². The minimum atomic E-state index is -0.576. The van der Waals surface area contributed by atoms with E-state index >= 15 is 0 Å². The van der Waals surface area contributed by atoms with E-state index in [0.29, 0.717) is 13.0 Å². The van der Waals surface area contributed by atoms with Gasteiger partial charge in [0, 0.05) is 6.54 Å². The summed E-state index contributed by atoms with van der Waals surface area (Å²) in [6.07, 6.45) is 1.96. The van der Waals surface area contributed by atoms with Crippen LogP contribution in [0.25, 0.3) is 0 Å². The number of ether oxygens (including phenoxy) is 2. The molecule has 1 amide bonds. The second-order valence-electron chi connectivity index (χ2n) is 6.78. The predicted molar refractivity (Wildman–Crippen MR) is 86.8 cm³/mol. The van der Waals surface area contributed by atoms with Crippen LogP contribution in [0.4, 0.5) is 4.79 Å². The molecule has 0 saturated carbocycles. The third kappa shape index (κ3) is 5.27. The van der Waals surface area contributed by atoms with E-state index in [-0.39, 0.29) is 12.6 Å². The highest BCUT2D eigenvalue weighted by Gasteiger charge is 2.35. The fourth-order valence-electron chi connectivity index (χ4n) is 2.54. The Labute approximate surface area is 137 Å². The number of piperidine rings is 1. The molecule has 0 N–H and O–H groups in total. The molecule has 0 radical (unpaired) electrons. The van der Waals surface area contributed by atoms with E-state index in [2.05, 4.69) is 0 Å². The summed E-state index contributed by atoms with van der Waals surface area (Å²) < 4.78 is 10.8. The Morgan fingerprint density at radius 1 is 1.17 bits per heavy atom. The van der Waals surface area contributed by atoms with Gasteiger partial charge in [-0.2, -0.15) is 0 Å². The van der Waals surface area contributed by atoms with E-state index in [4.69, 9.17) is 9.47 Å². The molecule has 1 aliphatic heterocycles. The van der Waals surface area contributed by atoms with Crippen LogP contribution in [0.2, 0.25) is 0 Å². The van der Waals surface area contributed by atoms with Crippen LogP contribution in [0, 0.1) is 0 Å². The third-order valence-corrected chi connectivity index (χ3v) is 3.63. The molecule has 5 heteroatoms. The molecule has 1 saturated heterocycles. The van der Waals surface area contributed by atoms with Gasteiger partial charge in [-0.3, -0.25) is 4.90 Å². The highest BCUT2D eigenvalue weighted by Crippen LogP contribution is 2.21. The van der Waals surface area contributed by atoms with Crippen molar-refractivity contribution in [2.45, 2.75) is 58.3 Å². The van der Waals surface area contributed by atoms with Gasteiger partial charge >= 0.3 is 12.1 Å². The van der Waals surface area contributed by atoms with Crippen LogP contribution in [0.1, 0.15) is 45.6 Å². The first-order chi connectivity index (χ1) is 10.9. The second kappa shape index (κ2) is 7.49. The van der Waals surface area contributed by atoms with Gasteiger partial charge in [0.05, 0.1) is 0 Å². The van der Waals surface area contributed by atoms with Crippen LogP contribution in [0.3, 0.4) is 0 Å². The zero-order valence-corrected chi connectivity index (χ0v) is 14.1. The van der Waals surface area contributed by atoms with Crippen molar-refractivity contribution < 1.29 is 19.1 Å². The van der Waals surface area contributed by atoms with Crippen molar-refractivity contribution >= 4 is 12.1 Å². The molecule has 0 unspecified atom stereocenters. The number of benzene rings is 1. The quantitative estimate of drug-likeness (QED) is 0.800. The number of likely N-dealkylation sites (tertiary alicyclic amines) is 1. The van der Waals surface area contributed by atoms with Crippen molar-refractivity contribution in [3.63, 3.8) is 0 Å². The maximum absolute atomic E-state index is 12.4. The maximum atomic E-state index is 12.4. The number of nitrogens with zero attached hydrogens (tertiary/aromatic N) is 1. The Morgan fingerprint density at radius 2 is 1.87 bits per heavy atom. The molecular weight excluding hydrogens is 294 g/mol. The van der Waals surface area contributed by atoms with Crippen LogP contribution in [0.15, 0.2) is 30.3 Å². The molecule has 0 spiro atoms. The van der Waals surface area contributed by atoms with Crippen molar-refractivity contribution in [1.29, 1.82) is 0 Å². The third-order valence-electron chi connectivity index (χ3n) is 3.63. The first-order valence-corrected chi connectivity index (χ1v) is 8.07. The van der Waals surface area contributed by atoms with Gasteiger partial charge in [0.15, 0.2) is 0 Å². The summed E-state index contributed by atoms with van der Waals surface area (Å²) in [4.78, 5) is 26.2. The van der Waals surface area contributed by atoms with Crippen molar-refractivity contribution in [3.05, 3.63) is 35.9 Å². The van der Waals surface area contributed by atoms with E-state index in [1.165, 1.54) is 4.90 Å². The van der Waals surface area contributed by atoms with Crippen molar-refractivity contribution in [1.82, 2.24) is 4.90 Å². The topological polar surface area (TPSA) is 55.8 Å². The van der Waals surface area contributed by atoms with Crippen LogP contribution in [-0.4, -0.2) is 35.2 Å². The average Bonchev–Trinajstić information content (AvgIpc) is 2.52. The molecule has 1 aromatic rings. The molecule has 0 aliphatic carbocycles. The minimum Gasteiger partial charge on any atom is -0.459 e. The number of rotatable bonds is 3. The number of esters is 1. The standard InChI is InChI=1S/C18H25NO4/c1-18(2,3)23-17(21)19-12-8-7-11-15(19)16(20)22-13-14-9-5-4-6-10-14/h4-6,9-10,15H,7-8,11-13H2,1-3H3/t15-/m0/s1. The van der Waals surface area contributed by atoms with E-state index in [1.807, 2.05) is 51.1 Å². The molecule has 1 aromatic carbocycles. The van der Waals surface area contributed by atoms with Gasteiger partial charge in [-0.15, -0.1) is 0 Å². The Bertz CT molecular complexity index is 536. The van der Waals surface area contributed by atoms with Gasteiger partial charge in [-0.25, -0.2) is 9.59 Å². The molecule has 0 bridgehead atoms. The summed E-state index contributed by atoms with van der Waals surface area (Å²) in [6, 6.07) is 8.96. The first kappa shape index (κ1) is 17.3. The molecule has 5 nitrogen and oxygen atoms in total. The minimum absolute atomic E-state index is 0.221. The maximum Gasteiger partial charge on any atom is 0.411 e. The van der Waals surface area contributed by atoms with E-state index in [9.17, 15) is 9.59 Å². The molecule has 1 atom stereocenters. The Kier molecular flexibility index (Phi) is 5.64. The number of carbonyl (C=O) groups excluding carboxylic acids is 2. The number of hydrogen-bond donors (Lipinski definition) is 0. The van der Waals surface area contributed by atoms with Crippen LogP contribution in [0.5, 0.6) is 0 Å². The normalized spacial score (nSPS) is 18.4. The molecular formula is C18H25NO4. The van der Waals surface area contributed by atoms with Gasteiger partial charge in [-0.1, -0.05) is 30.3 Å². The summed E-state index contributed by atoms with van der Waals surface area (Å²) in [5.41, 5.74) is 0.355. The summed E-state index contributed by atoms with van der Waals surface area (Å²) in [5.74, 6) is -0.362. The van der Waals surface area contributed by atoms with E-state index in [1.54, 1.807) is 0 Å². The van der Waals surface area contributed by atoms with Crippen molar-refractivity contribution in [3.8, 4) is 0 Å². The van der Waals surface area contributed by atoms with Gasteiger partial charge in [-0.05, 0) is 45.6 Å². The van der Waals surface area contributed by atoms with Crippen LogP contribution >= 0.6 is 0 Å². The smallest absolute Gasteiger partial charge is 0.411 e. The molecule has 23 heavy (non-hydrogen) atoms. The number of hydrogen-bond acceptors (Lipinski definition) is 4. The summed E-state index contributed by atoms with van der Waals surface area (Å²) >= 11 is 0. The lowest BCUT2D eigenvalue weighted by Gasteiger charge is -2.35. The SMILES string of the molecule is CC(C)(C)OC(=O)N1CCCC[C@H]1C(=O)OCc1ccccc1. The lowest BCUT2D eigenvalue weighted by molar-refractivity contribution is -0.152. The molecule has 1 aliphatic rings. The Balaban J connectivity index is 1.97.